The topological polar surface area (TPSA) is 49.7 Å². The van der Waals surface area contributed by atoms with E-state index in [0.29, 0.717) is 0 Å². The van der Waals surface area contributed by atoms with Gasteiger partial charge in [-0.3, -0.25) is 4.99 Å². The molecule has 0 bridgehead atoms. The lowest BCUT2D eigenvalue weighted by Gasteiger charge is -2.20. The van der Waals surface area contributed by atoms with Gasteiger partial charge in [-0.1, -0.05) is 42.1 Å². The van der Waals surface area contributed by atoms with Crippen molar-refractivity contribution in [2.24, 2.45) is 4.99 Å². The van der Waals surface area contributed by atoms with Gasteiger partial charge < -0.3 is 5.11 Å². The zero-order valence-electron chi connectivity index (χ0n) is 9.18. The molecule has 1 aliphatic rings. The van der Waals surface area contributed by atoms with Crippen molar-refractivity contribution in [2.45, 2.75) is 24.6 Å². The van der Waals surface area contributed by atoms with Crippen LogP contribution in [0.5, 0.6) is 0 Å². The van der Waals surface area contributed by atoms with Crippen LogP contribution < -0.4 is 0 Å². The largest absolute Gasteiger partial charge is 0.480 e. The lowest BCUT2D eigenvalue weighted by molar-refractivity contribution is -0.138. The van der Waals surface area contributed by atoms with Crippen molar-refractivity contribution >= 4 is 22.8 Å². The molecule has 1 N–H and O–H groups in total. The summed E-state index contributed by atoms with van der Waals surface area (Å²) in [6.45, 7) is 3.83. The monoisotopic (exact) mass is 235 g/mol. The van der Waals surface area contributed by atoms with Crippen molar-refractivity contribution in [3.05, 3.63) is 35.9 Å². The Bertz CT molecular complexity index is 440. The van der Waals surface area contributed by atoms with Crippen LogP contribution in [0.3, 0.4) is 0 Å². The smallest absolute Gasteiger partial charge is 0.329 e. The van der Waals surface area contributed by atoms with E-state index in [1.807, 2.05) is 44.2 Å². The minimum Gasteiger partial charge on any atom is -0.480 e. The fraction of sp³-hybridized carbons (Fsp3) is 0.333. The van der Waals surface area contributed by atoms with Gasteiger partial charge in [-0.25, -0.2) is 4.79 Å². The maximum atomic E-state index is 11.1. The van der Waals surface area contributed by atoms with Crippen LogP contribution in [0.25, 0.3) is 0 Å². The molecule has 4 heteroatoms. The van der Waals surface area contributed by atoms with E-state index in [2.05, 4.69) is 4.99 Å². The number of nitrogens with zero attached hydrogens (tertiary/aromatic N) is 1. The van der Waals surface area contributed by atoms with Crippen LogP contribution in [-0.2, 0) is 4.79 Å². The van der Waals surface area contributed by atoms with E-state index in [-0.39, 0.29) is 4.75 Å². The summed E-state index contributed by atoms with van der Waals surface area (Å²) < 4.78 is -0.378. The van der Waals surface area contributed by atoms with Gasteiger partial charge in [-0.15, -0.1) is 0 Å². The molecular weight excluding hydrogens is 222 g/mol. The van der Waals surface area contributed by atoms with E-state index in [4.69, 9.17) is 5.11 Å². The van der Waals surface area contributed by atoms with Gasteiger partial charge >= 0.3 is 5.97 Å². The summed E-state index contributed by atoms with van der Waals surface area (Å²) in [4.78, 5) is 15.4. The Balaban J connectivity index is 2.33. The fourth-order valence-electron chi connectivity index (χ4n) is 1.67. The Hall–Kier alpha value is -1.29. The van der Waals surface area contributed by atoms with Crippen molar-refractivity contribution in [1.82, 2.24) is 0 Å². The molecule has 1 heterocycles. The first-order chi connectivity index (χ1) is 7.50. The zero-order valence-corrected chi connectivity index (χ0v) is 9.99. The van der Waals surface area contributed by atoms with Crippen LogP contribution >= 0.6 is 11.8 Å². The lowest BCUT2D eigenvalue weighted by Crippen LogP contribution is -2.34. The molecule has 16 heavy (non-hydrogen) atoms. The molecule has 2 rings (SSSR count). The molecule has 0 aromatic heterocycles. The van der Waals surface area contributed by atoms with Crippen molar-refractivity contribution in [1.29, 1.82) is 0 Å². The number of carboxylic acid groups (broad SMARTS) is 1. The van der Waals surface area contributed by atoms with E-state index in [1.165, 1.54) is 11.8 Å². The van der Waals surface area contributed by atoms with E-state index >= 15 is 0 Å². The second-order valence-corrected chi connectivity index (χ2v) is 5.89. The number of thioether (sulfide) groups is 1. The molecule has 3 nitrogen and oxygen atoms in total. The fourth-order valence-corrected chi connectivity index (χ4v) is 2.85. The van der Waals surface area contributed by atoms with E-state index < -0.39 is 12.0 Å². The number of aliphatic imine (C=N–C) groups is 1. The molecule has 1 atom stereocenters. The molecule has 0 unspecified atom stereocenters. The van der Waals surface area contributed by atoms with Gasteiger partial charge in [0.2, 0.25) is 0 Å². The number of benzene rings is 1. The molecule has 0 radical (unpaired) electrons. The molecule has 0 saturated heterocycles. The highest BCUT2D eigenvalue weighted by atomic mass is 32.2. The molecule has 0 spiro atoms. The average Bonchev–Trinajstić information content (AvgIpc) is 2.56. The molecule has 0 fully saturated rings. The van der Waals surface area contributed by atoms with Crippen LogP contribution in [0.2, 0.25) is 0 Å². The van der Waals surface area contributed by atoms with Gasteiger partial charge in [0.15, 0.2) is 6.04 Å². The number of carbonyl (C=O) groups is 1. The SMILES string of the molecule is CC1(C)SC(c2ccccc2)=N[C@H]1C(=O)O. The third kappa shape index (κ3) is 1.97. The summed E-state index contributed by atoms with van der Waals surface area (Å²) >= 11 is 1.53. The first-order valence-corrected chi connectivity index (χ1v) is 5.87. The van der Waals surface area contributed by atoms with Crippen molar-refractivity contribution < 1.29 is 9.90 Å². The highest BCUT2D eigenvalue weighted by Gasteiger charge is 2.42. The number of rotatable bonds is 2. The van der Waals surface area contributed by atoms with Crippen LogP contribution in [0, 0.1) is 0 Å². The predicted molar refractivity (Wildman–Crippen MR) is 66.1 cm³/mol. The Labute approximate surface area is 98.6 Å². The van der Waals surface area contributed by atoms with E-state index in [0.717, 1.165) is 10.6 Å². The van der Waals surface area contributed by atoms with Gasteiger partial charge in [-0.2, -0.15) is 0 Å². The maximum absolute atomic E-state index is 11.1. The molecule has 0 amide bonds. The highest BCUT2D eigenvalue weighted by Crippen LogP contribution is 2.39. The Morgan fingerprint density at radius 1 is 1.38 bits per heavy atom. The van der Waals surface area contributed by atoms with Crippen LogP contribution in [0.4, 0.5) is 0 Å². The van der Waals surface area contributed by atoms with Gasteiger partial charge in [-0.05, 0) is 13.8 Å². The van der Waals surface area contributed by atoms with Gasteiger partial charge in [0.1, 0.15) is 0 Å². The van der Waals surface area contributed by atoms with Crippen LogP contribution in [0.1, 0.15) is 19.4 Å². The summed E-state index contributed by atoms with van der Waals surface area (Å²) in [7, 11) is 0. The highest BCUT2D eigenvalue weighted by molar-refractivity contribution is 8.15. The van der Waals surface area contributed by atoms with Crippen molar-refractivity contribution in [3.63, 3.8) is 0 Å². The molecule has 0 aliphatic carbocycles. The summed E-state index contributed by atoms with van der Waals surface area (Å²) in [6, 6.07) is 9.04. The van der Waals surface area contributed by atoms with Gasteiger partial charge in [0.25, 0.3) is 0 Å². The molecule has 1 aromatic carbocycles. The summed E-state index contributed by atoms with van der Waals surface area (Å²) in [5.74, 6) is -0.858. The van der Waals surface area contributed by atoms with Crippen molar-refractivity contribution in [2.75, 3.05) is 0 Å². The molecule has 1 aromatic rings. The predicted octanol–water partition coefficient (Wildman–Crippen LogP) is 2.41. The van der Waals surface area contributed by atoms with Crippen LogP contribution in [0.15, 0.2) is 35.3 Å². The number of aliphatic carboxylic acids is 1. The normalized spacial score (nSPS) is 22.9. The summed E-state index contributed by atoms with van der Waals surface area (Å²) in [6.07, 6.45) is 0. The number of hydrogen-bond donors (Lipinski definition) is 1. The average molecular weight is 235 g/mol. The quantitative estimate of drug-likeness (QED) is 0.856. The maximum Gasteiger partial charge on any atom is 0.329 e. The third-order valence-electron chi connectivity index (χ3n) is 2.52. The van der Waals surface area contributed by atoms with Gasteiger partial charge in [0, 0.05) is 10.3 Å². The molecule has 1 aliphatic heterocycles. The van der Waals surface area contributed by atoms with Crippen LogP contribution in [-0.4, -0.2) is 26.9 Å². The standard InChI is InChI=1S/C12H13NO2S/c1-12(2)9(11(14)15)13-10(16-12)8-6-4-3-5-7-8/h3-7,9H,1-2H3,(H,14,15)/t9-/m0/s1. The Morgan fingerprint density at radius 2 is 2.00 bits per heavy atom. The summed E-state index contributed by atoms with van der Waals surface area (Å²) in [5.41, 5.74) is 0.990. The summed E-state index contributed by atoms with van der Waals surface area (Å²) in [5, 5.41) is 9.91. The molecular formula is C12H13NO2S. The van der Waals surface area contributed by atoms with Gasteiger partial charge in [0.05, 0.1) is 5.04 Å². The number of hydrogen-bond acceptors (Lipinski definition) is 3. The lowest BCUT2D eigenvalue weighted by atomic mass is 10.0. The Morgan fingerprint density at radius 3 is 2.50 bits per heavy atom. The van der Waals surface area contributed by atoms with E-state index in [9.17, 15) is 4.79 Å². The first kappa shape index (κ1) is 11.2. The Kier molecular flexibility index (Phi) is 2.76. The molecule has 0 saturated carbocycles. The van der Waals surface area contributed by atoms with E-state index in [1.54, 1.807) is 0 Å². The second-order valence-electron chi connectivity index (χ2n) is 4.25. The minimum absolute atomic E-state index is 0.378. The molecule has 84 valence electrons. The number of carboxylic acids is 1. The second kappa shape index (κ2) is 3.94. The first-order valence-electron chi connectivity index (χ1n) is 5.06. The van der Waals surface area contributed by atoms with Crippen molar-refractivity contribution in [3.8, 4) is 0 Å². The third-order valence-corrected chi connectivity index (χ3v) is 3.80. The minimum atomic E-state index is -0.858. The zero-order chi connectivity index (χ0) is 11.8.